The molecule has 5 nitrogen and oxygen atoms in total. The second-order valence-electron chi connectivity index (χ2n) is 5.48. The van der Waals surface area contributed by atoms with Crippen LogP contribution < -0.4 is 5.32 Å². The van der Waals surface area contributed by atoms with E-state index in [0.29, 0.717) is 17.3 Å². The zero-order valence-electron chi connectivity index (χ0n) is 11.3. The highest BCUT2D eigenvalue weighted by atomic mass is 16.6. The summed E-state index contributed by atoms with van der Waals surface area (Å²) in [4.78, 5) is 12.0. The van der Waals surface area contributed by atoms with Crippen molar-refractivity contribution in [3.8, 4) is 0 Å². The Kier molecular flexibility index (Phi) is 3.99. The minimum absolute atomic E-state index is 0.181. The van der Waals surface area contributed by atoms with Gasteiger partial charge < -0.3 is 5.32 Å². The van der Waals surface area contributed by atoms with Gasteiger partial charge in [0.25, 0.3) is 5.91 Å². The Hall–Kier alpha value is -1.39. The van der Waals surface area contributed by atoms with Crippen molar-refractivity contribution in [3.05, 3.63) is 11.4 Å². The Morgan fingerprint density at radius 2 is 2.00 bits per heavy atom. The summed E-state index contributed by atoms with van der Waals surface area (Å²) in [5.74, 6) is 1.22. The maximum absolute atomic E-state index is 12.0. The molecule has 1 N–H and O–H groups in total. The fraction of sp³-hybridized carbons (Fsp3) is 0.769. The van der Waals surface area contributed by atoms with E-state index >= 15 is 0 Å². The van der Waals surface area contributed by atoms with Gasteiger partial charge in [-0.05, 0) is 43.7 Å². The molecule has 1 amide bonds. The van der Waals surface area contributed by atoms with Crippen molar-refractivity contribution >= 4 is 5.91 Å². The maximum atomic E-state index is 12.0. The summed E-state index contributed by atoms with van der Waals surface area (Å²) in [5, 5.41) is 10.3. The van der Waals surface area contributed by atoms with Crippen LogP contribution in [0, 0.1) is 18.8 Å². The van der Waals surface area contributed by atoms with E-state index in [1.54, 1.807) is 6.92 Å². The van der Waals surface area contributed by atoms with Gasteiger partial charge in [0.1, 0.15) is 5.69 Å². The maximum Gasteiger partial charge on any atom is 0.275 e. The zero-order valence-corrected chi connectivity index (χ0v) is 11.3. The first-order chi connectivity index (χ1) is 8.58. The number of rotatable bonds is 3. The number of nitrogens with one attached hydrogen (secondary N) is 1. The van der Waals surface area contributed by atoms with Gasteiger partial charge in [-0.25, -0.2) is 4.63 Å². The lowest BCUT2D eigenvalue weighted by molar-refractivity contribution is 0.0905. The van der Waals surface area contributed by atoms with Gasteiger partial charge in [-0.2, -0.15) is 0 Å². The van der Waals surface area contributed by atoms with E-state index in [1.165, 1.54) is 25.7 Å². The molecule has 18 heavy (non-hydrogen) atoms. The number of hydrogen-bond donors (Lipinski definition) is 1. The van der Waals surface area contributed by atoms with Crippen LogP contribution in [0.15, 0.2) is 4.63 Å². The number of aromatic nitrogens is 2. The summed E-state index contributed by atoms with van der Waals surface area (Å²) in [6.45, 7) is 6.09. The molecule has 0 bridgehead atoms. The molecule has 1 fully saturated rings. The Bertz CT molecular complexity index is 408. The molecule has 1 saturated carbocycles. The summed E-state index contributed by atoms with van der Waals surface area (Å²) in [6, 6.07) is 0.182. The molecule has 1 aliphatic rings. The van der Waals surface area contributed by atoms with Crippen molar-refractivity contribution in [2.45, 2.75) is 52.5 Å². The summed E-state index contributed by atoms with van der Waals surface area (Å²) >= 11 is 0. The van der Waals surface area contributed by atoms with Crippen LogP contribution in [-0.4, -0.2) is 22.3 Å². The highest BCUT2D eigenvalue weighted by Crippen LogP contribution is 2.30. The lowest BCUT2D eigenvalue weighted by atomic mass is 9.80. The Balaban J connectivity index is 1.89. The molecular formula is C13H21N3O2. The number of amides is 1. The van der Waals surface area contributed by atoms with Gasteiger partial charge in [0.05, 0.1) is 0 Å². The lowest BCUT2D eigenvalue weighted by Gasteiger charge is -2.31. The molecule has 0 aliphatic heterocycles. The van der Waals surface area contributed by atoms with Crippen molar-refractivity contribution in [3.63, 3.8) is 0 Å². The topological polar surface area (TPSA) is 68.0 Å². The third-order valence-corrected chi connectivity index (χ3v) is 3.99. The number of hydrogen-bond acceptors (Lipinski definition) is 4. The molecule has 100 valence electrons. The zero-order chi connectivity index (χ0) is 13.1. The number of nitrogens with zero attached hydrogens (tertiary/aromatic N) is 2. The summed E-state index contributed by atoms with van der Waals surface area (Å²) in [7, 11) is 0. The highest BCUT2D eigenvalue weighted by molar-refractivity contribution is 5.93. The lowest BCUT2D eigenvalue weighted by Crippen LogP contribution is -2.39. The summed E-state index contributed by atoms with van der Waals surface area (Å²) in [5.41, 5.74) is 0.836. The van der Waals surface area contributed by atoms with Gasteiger partial charge in [0.15, 0.2) is 5.69 Å². The molecule has 0 unspecified atom stereocenters. The second-order valence-corrected chi connectivity index (χ2v) is 5.48. The van der Waals surface area contributed by atoms with Crippen molar-refractivity contribution in [2.75, 3.05) is 0 Å². The van der Waals surface area contributed by atoms with Gasteiger partial charge in [-0.1, -0.05) is 24.9 Å². The number of carbonyl (C=O) groups excluding carboxylic acids is 1. The smallest absolute Gasteiger partial charge is 0.275 e. The summed E-state index contributed by atoms with van der Waals surface area (Å²) in [6.07, 6.45) is 4.90. The van der Waals surface area contributed by atoms with E-state index in [-0.39, 0.29) is 11.9 Å². The molecule has 1 aromatic rings. The minimum Gasteiger partial charge on any atom is -0.348 e. The van der Waals surface area contributed by atoms with Crippen LogP contribution in [0.25, 0.3) is 0 Å². The van der Waals surface area contributed by atoms with Crippen LogP contribution in [-0.2, 0) is 0 Å². The fourth-order valence-electron chi connectivity index (χ4n) is 2.62. The highest BCUT2D eigenvalue weighted by Gasteiger charge is 2.25. The first-order valence-electron chi connectivity index (χ1n) is 6.68. The molecular weight excluding hydrogens is 230 g/mol. The van der Waals surface area contributed by atoms with Crippen LogP contribution in [0.5, 0.6) is 0 Å². The molecule has 1 aromatic heterocycles. The third-order valence-electron chi connectivity index (χ3n) is 3.99. The number of carbonyl (C=O) groups is 1. The first kappa shape index (κ1) is 13.1. The Morgan fingerprint density at radius 1 is 1.33 bits per heavy atom. The van der Waals surface area contributed by atoms with E-state index in [9.17, 15) is 4.79 Å². The van der Waals surface area contributed by atoms with Crippen molar-refractivity contribution in [1.29, 1.82) is 0 Å². The first-order valence-corrected chi connectivity index (χ1v) is 6.68. The van der Waals surface area contributed by atoms with Gasteiger partial charge in [0, 0.05) is 6.04 Å². The normalized spacial score (nSPS) is 25.7. The average molecular weight is 251 g/mol. The number of aryl methyl sites for hydroxylation is 1. The standard InChI is InChI=1S/C13H21N3O2/c1-8-4-6-11(7-5-8)9(2)14-13(17)12-10(3)15-18-16-12/h8-9,11H,4-7H2,1-3H3,(H,14,17)/t8-,9-,11-/m1/s1. The van der Waals surface area contributed by atoms with E-state index < -0.39 is 0 Å². The van der Waals surface area contributed by atoms with Crippen LogP contribution >= 0.6 is 0 Å². The molecule has 0 aromatic carbocycles. The van der Waals surface area contributed by atoms with Crippen LogP contribution in [0.2, 0.25) is 0 Å². The molecule has 0 spiro atoms. The predicted octanol–water partition coefficient (Wildman–Crippen LogP) is 2.32. The molecule has 1 heterocycles. The largest absolute Gasteiger partial charge is 0.348 e. The fourth-order valence-corrected chi connectivity index (χ4v) is 2.62. The van der Waals surface area contributed by atoms with Crippen molar-refractivity contribution < 1.29 is 9.42 Å². The molecule has 2 rings (SSSR count). The van der Waals surface area contributed by atoms with Crippen molar-refractivity contribution in [1.82, 2.24) is 15.6 Å². The molecule has 0 saturated heterocycles. The van der Waals surface area contributed by atoms with E-state index in [2.05, 4.69) is 34.1 Å². The third kappa shape index (κ3) is 2.89. The van der Waals surface area contributed by atoms with Crippen LogP contribution in [0.1, 0.15) is 55.7 Å². The van der Waals surface area contributed by atoms with Gasteiger partial charge in [-0.3, -0.25) is 4.79 Å². The second kappa shape index (κ2) is 5.50. The van der Waals surface area contributed by atoms with Crippen LogP contribution in [0.3, 0.4) is 0 Å². The molecule has 5 heteroatoms. The van der Waals surface area contributed by atoms with E-state index in [4.69, 9.17) is 0 Å². The van der Waals surface area contributed by atoms with E-state index in [0.717, 1.165) is 5.92 Å². The molecule has 0 radical (unpaired) electrons. The van der Waals surface area contributed by atoms with Gasteiger partial charge in [-0.15, -0.1) is 0 Å². The van der Waals surface area contributed by atoms with Gasteiger partial charge in [0.2, 0.25) is 0 Å². The van der Waals surface area contributed by atoms with Gasteiger partial charge >= 0.3 is 0 Å². The minimum atomic E-state index is -0.181. The average Bonchev–Trinajstić information content (AvgIpc) is 2.76. The van der Waals surface area contributed by atoms with E-state index in [1.807, 2.05) is 0 Å². The van der Waals surface area contributed by atoms with Crippen molar-refractivity contribution in [2.24, 2.45) is 11.8 Å². The summed E-state index contributed by atoms with van der Waals surface area (Å²) < 4.78 is 4.55. The predicted molar refractivity (Wildman–Crippen MR) is 67.1 cm³/mol. The Labute approximate surface area is 107 Å². The van der Waals surface area contributed by atoms with Crippen LogP contribution in [0.4, 0.5) is 0 Å². The Morgan fingerprint density at radius 3 is 2.56 bits per heavy atom. The molecule has 1 atom stereocenters. The SMILES string of the molecule is Cc1nonc1C(=O)N[C@H](C)[C@H]1CC[C@H](C)CC1. The quantitative estimate of drug-likeness (QED) is 0.895. The monoisotopic (exact) mass is 251 g/mol. The molecule has 1 aliphatic carbocycles.